The summed E-state index contributed by atoms with van der Waals surface area (Å²) in [4.78, 5) is 2.39. The van der Waals surface area contributed by atoms with Gasteiger partial charge in [0, 0.05) is 13.1 Å². The predicted octanol–water partition coefficient (Wildman–Crippen LogP) is 2.74. The van der Waals surface area contributed by atoms with Crippen molar-refractivity contribution in [1.29, 1.82) is 0 Å². The molecule has 3 N–H and O–H groups in total. The summed E-state index contributed by atoms with van der Waals surface area (Å²) in [6.07, 6.45) is 7.72. The molecule has 1 saturated carbocycles. The minimum Gasteiger partial charge on any atom is -0.394 e. The number of rotatable bonds is 7. The maximum absolute atomic E-state index is 9.73. The molecule has 21 heavy (non-hydrogen) atoms. The fourth-order valence-corrected chi connectivity index (χ4v) is 3.38. The Kier molecular flexibility index (Phi) is 6.22. The van der Waals surface area contributed by atoms with Gasteiger partial charge in [-0.15, -0.1) is 0 Å². The molecule has 2 rings (SSSR count). The van der Waals surface area contributed by atoms with Gasteiger partial charge in [-0.2, -0.15) is 0 Å². The van der Waals surface area contributed by atoms with Crippen molar-refractivity contribution in [3.63, 3.8) is 0 Å². The molecule has 1 aliphatic rings. The van der Waals surface area contributed by atoms with Crippen LogP contribution < -0.4 is 5.73 Å². The summed E-state index contributed by atoms with van der Waals surface area (Å²) in [6.45, 7) is 2.09. The van der Waals surface area contributed by atoms with Gasteiger partial charge in [0.05, 0.1) is 12.1 Å². The van der Waals surface area contributed by atoms with Gasteiger partial charge in [0.25, 0.3) is 0 Å². The Bertz CT molecular complexity index is 403. The molecule has 0 spiro atoms. The van der Waals surface area contributed by atoms with Crippen molar-refractivity contribution in [2.45, 2.75) is 44.1 Å². The summed E-state index contributed by atoms with van der Waals surface area (Å²) in [5.74, 6) is 0.849. The highest BCUT2D eigenvalue weighted by molar-refractivity contribution is 5.24. The number of aliphatic hydroxyl groups excluding tert-OH is 1. The van der Waals surface area contributed by atoms with E-state index >= 15 is 0 Å². The van der Waals surface area contributed by atoms with Crippen LogP contribution in [-0.4, -0.2) is 36.8 Å². The van der Waals surface area contributed by atoms with Crippen molar-refractivity contribution in [1.82, 2.24) is 4.90 Å². The topological polar surface area (TPSA) is 49.5 Å². The second-order valence-corrected chi connectivity index (χ2v) is 6.70. The molecule has 1 aliphatic carbocycles. The van der Waals surface area contributed by atoms with E-state index in [9.17, 15) is 5.11 Å². The summed E-state index contributed by atoms with van der Waals surface area (Å²) in [6, 6.07) is 9.97. The molecule has 0 saturated heterocycles. The summed E-state index contributed by atoms with van der Waals surface area (Å²) in [7, 11) is 2.18. The van der Waals surface area contributed by atoms with Crippen molar-refractivity contribution >= 4 is 0 Å². The van der Waals surface area contributed by atoms with Crippen LogP contribution in [0.3, 0.4) is 0 Å². The molecule has 1 aromatic rings. The van der Waals surface area contributed by atoms with E-state index in [1.165, 1.54) is 32.1 Å². The Morgan fingerprint density at radius 2 is 1.86 bits per heavy atom. The highest BCUT2D eigenvalue weighted by Crippen LogP contribution is 2.25. The first-order valence-corrected chi connectivity index (χ1v) is 8.28. The summed E-state index contributed by atoms with van der Waals surface area (Å²) >= 11 is 0. The first-order valence-electron chi connectivity index (χ1n) is 8.28. The zero-order chi connectivity index (χ0) is 15.1. The molecular weight excluding hydrogens is 260 g/mol. The third-order valence-corrected chi connectivity index (χ3v) is 4.87. The third-order valence-electron chi connectivity index (χ3n) is 4.87. The monoisotopic (exact) mass is 290 g/mol. The van der Waals surface area contributed by atoms with Crippen molar-refractivity contribution in [2.75, 3.05) is 26.7 Å². The number of aliphatic hydroxyl groups is 1. The van der Waals surface area contributed by atoms with E-state index in [2.05, 4.69) is 11.9 Å². The molecule has 0 bridgehead atoms. The zero-order valence-corrected chi connectivity index (χ0v) is 13.3. The second kappa shape index (κ2) is 7.92. The molecule has 1 atom stereocenters. The maximum atomic E-state index is 9.73. The number of benzene rings is 1. The van der Waals surface area contributed by atoms with Gasteiger partial charge in [-0.25, -0.2) is 0 Å². The van der Waals surface area contributed by atoms with E-state index in [0.717, 1.165) is 31.0 Å². The molecule has 0 radical (unpaired) electrons. The number of hydrogen-bond donors (Lipinski definition) is 2. The number of nitrogens with two attached hydrogens (primary N) is 1. The minimum atomic E-state index is -0.623. The lowest BCUT2D eigenvalue weighted by molar-refractivity contribution is 0.160. The average Bonchev–Trinajstić information content (AvgIpc) is 2.54. The van der Waals surface area contributed by atoms with Crippen LogP contribution in [0.15, 0.2) is 30.3 Å². The van der Waals surface area contributed by atoms with Gasteiger partial charge in [-0.05, 0) is 37.8 Å². The molecule has 0 heterocycles. The van der Waals surface area contributed by atoms with E-state index in [0.29, 0.717) is 0 Å². The predicted molar refractivity (Wildman–Crippen MR) is 88.1 cm³/mol. The summed E-state index contributed by atoms with van der Waals surface area (Å²) < 4.78 is 0. The van der Waals surface area contributed by atoms with E-state index in [-0.39, 0.29) is 6.61 Å². The Labute approximate surface area is 129 Å². The van der Waals surface area contributed by atoms with Gasteiger partial charge in [0.1, 0.15) is 0 Å². The SMILES string of the molecule is CN(CCC(N)(CO)c1ccccc1)CC1CCCCC1. The van der Waals surface area contributed by atoms with Crippen LogP contribution >= 0.6 is 0 Å². The number of nitrogens with zero attached hydrogens (tertiary/aromatic N) is 1. The normalized spacial score (nSPS) is 19.6. The smallest absolute Gasteiger partial charge is 0.0656 e. The van der Waals surface area contributed by atoms with Crippen LogP contribution in [-0.2, 0) is 5.54 Å². The molecule has 3 heteroatoms. The highest BCUT2D eigenvalue weighted by Gasteiger charge is 2.27. The summed E-state index contributed by atoms with van der Waals surface area (Å²) in [5, 5.41) is 9.73. The van der Waals surface area contributed by atoms with Crippen LogP contribution in [0.2, 0.25) is 0 Å². The molecular formula is C18H30N2O. The van der Waals surface area contributed by atoms with E-state index in [1.807, 2.05) is 30.3 Å². The summed E-state index contributed by atoms with van der Waals surface area (Å²) in [5.41, 5.74) is 6.83. The lowest BCUT2D eigenvalue weighted by Crippen LogP contribution is -2.43. The quantitative estimate of drug-likeness (QED) is 0.812. The highest BCUT2D eigenvalue weighted by atomic mass is 16.3. The first-order chi connectivity index (χ1) is 10.1. The van der Waals surface area contributed by atoms with Crippen LogP contribution in [0.1, 0.15) is 44.1 Å². The van der Waals surface area contributed by atoms with E-state index in [1.54, 1.807) is 0 Å². The molecule has 0 aliphatic heterocycles. The molecule has 0 aromatic heterocycles. The largest absolute Gasteiger partial charge is 0.394 e. The van der Waals surface area contributed by atoms with Crippen molar-refractivity contribution in [3.05, 3.63) is 35.9 Å². The molecule has 1 aromatic carbocycles. The fourth-order valence-electron chi connectivity index (χ4n) is 3.38. The van der Waals surface area contributed by atoms with E-state index < -0.39 is 5.54 Å². The van der Waals surface area contributed by atoms with Crippen LogP contribution in [0.4, 0.5) is 0 Å². The first kappa shape index (κ1) is 16.5. The maximum Gasteiger partial charge on any atom is 0.0656 e. The minimum absolute atomic E-state index is 0.00567. The molecule has 118 valence electrons. The Hall–Kier alpha value is -0.900. The van der Waals surface area contributed by atoms with Gasteiger partial charge >= 0.3 is 0 Å². The Morgan fingerprint density at radius 1 is 1.19 bits per heavy atom. The van der Waals surface area contributed by atoms with Gasteiger partial charge in [0.2, 0.25) is 0 Å². The Morgan fingerprint density at radius 3 is 2.48 bits per heavy atom. The second-order valence-electron chi connectivity index (χ2n) is 6.70. The molecule has 1 unspecified atom stereocenters. The molecule has 3 nitrogen and oxygen atoms in total. The van der Waals surface area contributed by atoms with Crippen LogP contribution in [0.25, 0.3) is 0 Å². The fraction of sp³-hybridized carbons (Fsp3) is 0.667. The van der Waals surface area contributed by atoms with Crippen LogP contribution in [0.5, 0.6) is 0 Å². The number of hydrogen-bond acceptors (Lipinski definition) is 3. The third kappa shape index (κ3) is 4.80. The van der Waals surface area contributed by atoms with E-state index in [4.69, 9.17) is 5.73 Å². The standard InChI is InChI=1S/C18H30N2O/c1-20(14-16-8-4-2-5-9-16)13-12-18(19,15-21)17-10-6-3-7-11-17/h3,6-7,10-11,16,21H,2,4-5,8-9,12-15,19H2,1H3. The average molecular weight is 290 g/mol. The molecule has 0 amide bonds. The molecule has 1 fully saturated rings. The van der Waals surface area contributed by atoms with Crippen molar-refractivity contribution in [3.8, 4) is 0 Å². The van der Waals surface area contributed by atoms with Gasteiger partial charge < -0.3 is 15.7 Å². The Balaban J connectivity index is 1.84. The zero-order valence-electron chi connectivity index (χ0n) is 13.3. The lowest BCUT2D eigenvalue weighted by atomic mass is 9.87. The van der Waals surface area contributed by atoms with Gasteiger partial charge in [0.15, 0.2) is 0 Å². The van der Waals surface area contributed by atoms with Gasteiger partial charge in [-0.3, -0.25) is 0 Å². The van der Waals surface area contributed by atoms with Crippen molar-refractivity contribution < 1.29 is 5.11 Å². The van der Waals surface area contributed by atoms with Crippen LogP contribution in [0, 0.1) is 5.92 Å². The lowest BCUT2D eigenvalue weighted by Gasteiger charge is -2.32. The van der Waals surface area contributed by atoms with Gasteiger partial charge in [-0.1, -0.05) is 49.6 Å². The van der Waals surface area contributed by atoms with Crippen molar-refractivity contribution in [2.24, 2.45) is 11.7 Å².